The molecule has 0 aliphatic rings. The monoisotopic (exact) mass is 128 g/mol. The normalized spacial score (nSPS) is 13.8. The molecular formula is C8H16O. The lowest BCUT2D eigenvalue weighted by Gasteiger charge is -2.09. The van der Waals surface area contributed by atoms with Gasteiger partial charge in [0.1, 0.15) is 0 Å². The standard InChI is InChI=1S/C8H16O/c1-4-5-8(9)6-7(2)3/h4,7-9H,1,5-6H2,2-3H3. The highest BCUT2D eigenvalue weighted by Crippen LogP contribution is 2.06. The molecule has 9 heavy (non-hydrogen) atoms. The zero-order chi connectivity index (χ0) is 7.28. The van der Waals surface area contributed by atoms with Crippen LogP contribution in [-0.4, -0.2) is 11.2 Å². The van der Waals surface area contributed by atoms with Gasteiger partial charge in [-0.1, -0.05) is 19.9 Å². The molecule has 0 fully saturated rings. The van der Waals surface area contributed by atoms with Gasteiger partial charge in [-0.2, -0.15) is 0 Å². The number of aliphatic hydroxyl groups is 1. The van der Waals surface area contributed by atoms with E-state index in [1.807, 2.05) is 0 Å². The van der Waals surface area contributed by atoms with Crippen LogP contribution in [0.15, 0.2) is 12.7 Å². The van der Waals surface area contributed by atoms with Crippen LogP contribution in [-0.2, 0) is 0 Å². The van der Waals surface area contributed by atoms with Gasteiger partial charge in [0.05, 0.1) is 6.10 Å². The van der Waals surface area contributed by atoms with Crippen molar-refractivity contribution >= 4 is 0 Å². The van der Waals surface area contributed by atoms with Gasteiger partial charge in [0, 0.05) is 0 Å². The maximum Gasteiger partial charge on any atom is 0.0577 e. The molecule has 0 rings (SSSR count). The summed E-state index contributed by atoms with van der Waals surface area (Å²) in [5.74, 6) is 0.583. The molecule has 0 spiro atoms. The lowest BCUT2D eigenvalue weighted by atomic mass is 10.0. The van der Waals surface area contributed by atoms with E-state index >= 15 is 0 Å². The van der Waals surface area contributed by atoms with E-state index in [2.05, 4.69) is 20.4 Å². The minimum Gasteiger partial charge on any atom is -0.393 e. The average molecular weight is 128 g/mol. The molecule has 0 aliphatic heterocycles. The van der Waals surface area contributed by atoms with Crippen LogP contribution in [0.5, 0.6) is 0 Å². The van der Waals surface area contributed by atoms with Crippen LogP contribution in [0.4, 0.5) is 0 Å². The second-order valence-corrected chi connectivity index (χ2v) is 2.81. The van der Waals surface area contributed by atoms with E-state index in [9.17, 15) is 0 Å². The fourth-order valence-corrected chi connectivity index (χ4v) is 0.833. The number of hydrogen-bond donors (Lipinski definition) is 1. The third-order valence-corrected chi connectivity index (χ3v) is 1.18. The summed E-state index contributed by atoms with van der Waals surface area (Å²) in [7, 11) is 0. The fraction of sp³-hybridized carbons (Fsp3) is 0.750. The highest BCUT2D eigenvalue weighted by Gasteiger charge is 2.02. The number of aliphatic hydroxyl groups excluding tert-OH is 1. The number of rotatable bonds is 4. The minimum atomic E-state index is -0.178. The van der Waals surface area contributed by atoms with Crippen LogP contribution in [0.2, 0.25) is 0 Å². The molecule has 1 heteroatoms. The molecule has 0 aliphatic carbocycles. The molecule has 0 amide bonds. The maximum absolute atomic E-state index is 9.15. The number of hydrogen-bond acceptors (Lipinski definition) is 1. The van der Waals surface area contributed by atoms with Crippen molar-refractivity contribution in [3.8, 4) is 0 Å². The lowest BCUT2D eigenvalue weighted by Crippen LogP contribution is -2.07. The van der Waals surface area contributed by atoms with Crippen LogP contribution < -0.4 is 0 Å². The molecule has 1 nitrogen and oxygen atoms in total. The van der Waals surface area contributed by atoms with Gasteiger partial charge >= 0.3 is 0 Å². The topological polar surface area (TPSA) is 20.2 Å². The van der Waals surface area contributed by atoms with Gasteiger partial charge in [0.25, 0.3) is 0 Å². The summed E-state index contributed by atoms with van der Waals surface area (Å²) in [5.41, 5.74) is 0. The molecular weight excluding hydrogens is 112 g/mol. The third kappa shape index (κ3) is 5.57. The Morgan fingerprint density at radius 2 is 2.11 bits per heavy atom. The highest BCUT2D eigenvalue weighted by molar-refractivity contribution is 4.72. The van der Waals surface area contributed by atoms with Crippen molar-refractivity contribution in [2.24, 2.45) is 5.92 Å². The predicted molar refractivity (Wildman–Crippen MR) is 40.3 cm³/mol. The van der Waals surface area contributed by atoms with E-state index in [1.165, 1.54) is 0 Å². The average Bonchev–Trinajstić information content (AvgIpc) is 1.63. The van der Waals surface area contributed by atoms with Crippen LogP contribution in [0, 0.1) is 5.92 Å². The summed E-state index contributed by atoms with van der Waals surface area (Å²) < 4.78 is 0. The molecule has 0 saturated carbocycles. The Bertz CT molecular complexity index is 76.6. The Labute approximate surface area is 57.4 Å². The molecule has 0 aromatic heterocycles. The Balaban J connectivity index is 3.25. The fourth-order valence-electron chi connectivity index (χ4n) is 0.833. The van der Waals surface area contributed by atoms with Crippen molar-refractivity contribution in [3.63, 3.8) is 0 Å². The summed E-state index contributed by atoms with van der Waals surface area (Å²) in [6.07, 6.45) is 3.18. The molecule has 1 unspecified atom stereocenters. The van der Waals surface area contributed by atoms with Crippen molar-refractivity contribution in [2.75, 3.05) is 0 Å². The summed E-state index contributed by atoms with van der Waals surface area (Å²) in [4.78, 5) is 0. The van der Waals surface area contributed by atoms with E-state index in [0.717, 1.165) is 12.8 Å². The molecule has 0 heterocycles. The molecule has 0 saturated heterocycles. The van der Waals surface area contributed by atoms with Crippen LogP contribution in [0.3, 0.4) is 0 Å². The Kier molecular flexibility index (Phi) is 4.41. The molecule has 54 valence electrons. The van der Waals surface area contributed by atoms with Gasteiger partial charge in [-0.15, -0.1) is 6.58 Å². The van der Waals surface area contributed by atoms with Crippen molar-refractivity contribution in [1.29, 1.82) is 0 Å². The molecule has 0 aromatic carbocycles. The van der Waals surface area contributed by atoms with Crippen LogP contribution >= 0.6 is 0 Å². The summed E-state index contributed by atoms with van der Waals surface area (Å²) in [6.45, 7) is 7.75. The van der Waals surface area contributed by atoms with Crippen molar-refractivity contribution in [3.05, 3.63) is 12.7 Å². The Hall–Kier alpha value is -0.300. The molecule has 0 bridgehead atoms. The third-order valence-electron chi connectivity index (χ3n) is 1.18. The quantitative estimate of drug-likeness (QED) is 0.574. The van der Waals surface area contributed by atoms with Gasteiger partial charge in [-0.05, 0) is 18.8 Å². The van der Waals surface area contributed by atoms with E-state index < -0.39 is 0 Å². The van der Waals surface area contributed by atoms with Gasteiger partial charge in [0.2, 0.25) is 0 Å². The molecule has 0 radical (unpaired) electrons. The van der Waals surface area contributed by atoms with E-state index in [0.29, 0.717) is 5.92 Å². The lowest BCUT2D eigenvalue weighted by molar-refractivity contribution is 0.152. The summed E-state index contributed by atoms with van der Waals surface area (Å²) >= 11 is 0. The SMILES string of the molecule is C=CCC(O)CC(C)C. The first-order chi connectivity index (χ1) is 4.16. The molecule has 0 aromatic rings. The van der Waals surface area contributed by atoms with Crippen molar-refractivity contribution in [2.45, 2.75) is 32.8 Å². The smallest absolute Gasteiger partial charge is 0.0577 e. The summed E-state index contributed by atoms with van der Waals surface area (Å²) in [6, 6.07) is 0. The molecule has 1 atom stereocenters. The maximum atomic E-state index is 9.15. The largest absolute Gasteiger partial charge is 0.393 e. The minimum absolute atomic E-state index is 0.178. The predicted octanol–water partition coefficient (Wildman–Crippen LogP) is 1.97. The van der Waals surface area contributed by atoms with Crippen LogP contribution in [0.25, 0.3) is 0 Å². The zero-order valence-corrected chi connectivity index (χ0v) is 6.30. The highest BCUT2D eigenvalue weighted by atomic mass is 16.3. The van der Waals surface area contributed by atoms with E-state index in [1.54, 1.807) is 6.08 Å². The Morgan fingerprint density at radius 3 is 2.44 bits per heavy atom. The Morgan fingerprint density at radius 1 is 1.56 bits per heavy atom. The summed E-state index contributed by atoms with van der Waals surface area (Å²) in [5, 5.41) is 9.15. The van der Waals surface area contributed by atoms with Gasteiger partial charge in [-0.25, -0.2) is 0 Å². The van der Waals surface area contributed by atoms with Crippen LogP contribution in [0.1, 0.15) is 26.7 Å². The van der Waals surface area contributed by atoms with E-state index in [4.69, 9.17) is 5.11 Å². The molecule has 1 N–H and O–H groups in total. The van der Waals surface area contributed by atoms with E-state index in [-0.39, 0.29) is 6.10 Å². The first-order valence-corrected chi connectivity index (χ1v) is 3.45. The van der Waals surface area contributed by atoms with Gasteiger partial charge in [-0.3, -0.25) is 0 Å². The van der Waals surface area contributed by atoms with Gasteiger partial charge in [0.15, 0.2) is 0 Å². The van der Waals surface area contributed by atoms with Crippen molar-refractivity contribution < 1.29 is 5.11 Å². The first-order valence-electron chi connectivity index (χ1n) is 3.45. The zero-order valence-electron chi connectivity index (χ0n) is 6.30. The van der Waals surface area contributed by atoms with Gasteiger partial charge < -0.3 is 5.11 Å². The first kappa shape index (κ1) is 8.70. The van der Waals surface area contributed by atoms with Crippen molar-refractivity contribution in [1.82, 2.24) is 0 Å². The second-order valence-electron chi connectivity index (χ2n) is 2.81. The second kappa shape index (κ2) is 4.57.